The molecule has 21 heavy (non-hydrogen) atoms. The summed E-state index contributed by atoms with van der Waals surface area (Å²) >= 11 is 0. The molecule has 0 heterocycles. The maximum absolute atomic E-state index is 12.8. The van der Waals surface area contributed by atoms with Crippen LogP contribution in [0.1, 0.15) is 22.8 Å². The Balaban J connectivity index is 2.11. The number of carbonyl (C=O) groups is 1. The van der Waals surface area contributed by atoms with Gasteiger partial charge in [0.05, 0.1) is 4.90 Å². The number of nitrogens with one attached hydrogen (secondary N) is 1. The number of hydrogen-bond donors (Lipinski definition) is 1. The zero-order valence-electron chi connectivity index (χ0n) is 11.3. The minimum atomic E-state index is -3.67. The first-order valence-electron chi connectivity index (χ1n) is 6.23. The van der Waals surface area contributed by atoms with E-state index in [4.69, 9.17) is 0 Å². The molecule has 0 amide bonds. The van der Waals surface area contributed by atoms with E-state index in [0.29, 0.717) is 11.1 Å². The van der Waals surface area contributed by atoms with Crippen molar-refractivity contribution in [2.75, 3.05) is 0 Å². The van der Waals surface area contributed by atoms with E-state index in [9.17, 15) is 17.6 Å². The molecule has 0 saturated heterocycles. The number of rotatable bonds is 5. The molecule has 6 heteroatoms. The predicted molar refractivity (Wildman–Crippen MR) is 76.9 cm³/mol. The highest BCUT2D eigenvalue weighted by molar-refractivity contribution is 7.89. The van der Waals surface area contributed by atoms with Gasteiger partial charge in [-0.15, -0.1) is 0 Å². The molecule has 1 N–H and O–H groups in total. The summed E-state index contributed by atoms with van der Waals surface area (Å²) in [6.45, 7) is 1.48. The second kappa shape index (κ2) is 6.15. The van der Waals surface area contributed by atoms with Gasteiger partial charge in [-0.1, -0.05) is 24.3 Å². The molecule has 2 aromatic carbocycles. The monoisotopic (exact) mass is 307 g/mol. The van der Waals surface area contributed by atoms with E-state index in [1.165, 1.54) is 55.5 Å². The van der Waals surface area contributed by atoms with Gasteiger partial charge in [-0.2, -0.15) is 0 Å². The van der Waals surface area contributed by atoms with Gasteiger partial charge in [-0.25, -0.2) is 17.5 Å². The molecule has 0 aliphatic carbocycles. The summed E-state index contributed by atoms with van der Waals surface area (Å²) in [7, 11) is -3.67. The van der Waals surface area contributed by atoms with Crippen molar-refractivity contribution in [2.45, 2.75) is 18.4 Å². The Kier molecular flexibility index (Phi) is 4.50. The van der Waals surface area contributed by atoms with E-state index >= 15 is 0 Å². The zero-order valence-corrected chi connectivity index (χ0v) is 12.2. The highest BCUT2D eigenvalue weighted by atomic mass is 32.2. The normalized spacial score (nSPS) is 11.3. The highest BCUT2D eigenvalue weighted by Gasteiger charge is 2.14. The van der Waals surface area contributed by atoms with Gasteiger partial charge in [-0.05, 0) is 36.8 Å². The van der Waals surface area contributed by atoms with E-state index in [2.05, 4.69) is 4.72 Å². The largest absolute Gasteiger partial charge is 0.295 e. The van der Waals surface area contributed by atoms with Crippen LogP contribution in [0.15, 0.2) is 53.4 Å². The lowest BCUT2D eigenvalue weighted by Crippen LogP contribution is -2.23. The second-order valence-electron chi connectivity index (χ2n) is 4.53. The van der Waals surface area contributed by atoms with Crippen LogP contribution in [0.2, 0.25) is 0 Å². The van der Waals surface area contributed by atoms with E-state index in [-0.39, 0.29) is 23.0 Å². The van der Waals surface area contributed by atoms with E-state index in [1.807, 2.05) is 0 Å². The van der Waals surface area contributed by atoms with Crippen molar-refractivity contribution in [3.63, 3.8) is 0 Å². The van der Waals surface area contributed by atoms with Gasteiger partial charge in [0.15, 0.2) is 5.78 Å². The topological polar surface area (TPSA) is 63.2 Å². The fourth-order valence-corrected chi connectivity index (χ4v) is 2.75. The zero-order chi connectivity index (χ0) is 15.5. The molecule has 2 aromatic rings. The first kappa shape index (κ1) is 15.3. The molecule has 0 spiro atoms. The van der Waals surface area contributed by atoms with Crippen LogP contribution in [0.25, 0.3) is 0 Å². The SMILES string of the molecule is CC(=O)c1ccc(S(=O)(=O)NCc2ccc(F)cc2)cc1. The summed E-state index contributed by atoms with van der Waals surface area (Å²) in [5.41, 5.74) is 1.10. The van der Waals surface area contributed by atoms with E-state index < -0.39 is 10.0 Å². The maximum Gasteiger partial charge on any atom is 0.240 e. The number of benzene rings is 2. The number of carbonyl (C=O) groups excluding carboxylic acids is 1. The van der Waals surface area contributed by atoms with Gasteiger partial charge in [0.1, 0.15) is 5.82 Å². The Morgan fingerprint density at radius 1 is 1.05 bits per heavy atom. The van der Waals surface area contributed by atoms with Gasteiger partial charge in [0, 0.05) is 12.1 Å². The van der Waals surface area contributed by atoms with Crippen molar-refractivity contribution in [3.05, 3.63) is 65.5 Å². The van der Waals surface area contributed by atoms with Gasteiger partial charge < -0.3 is 0 Å². The third-order valence-corrected chi connectivity index (χ3v) is 4.37. The van der Waals surface area contributed by atoms with Crippen LogP contribution in [0.5, 0.6) is 0 Å². The molecule has 4 nitrogen and oxygen atoms in total. The van der Waals surface area contributed by atoms with Gasteiger partial charge >= 0.3 is 0 Å². The number of Topliss-reactive ketones (excluding diaryl/α,β-unsaturated/α-hetero) is 1. The average molecular weight is 307 g/mol. The van der Waals surface area contributed by atoms with Crippen LogP contribution in [0, 0.1) is 5.82 Å². The molecule has 0 radical (unpaired) electrons. The van der Waals surface area contributed by atoms with Crippen molar-refractivity contribution in [1.82, 2.24) is 4.72 Å². The number of halogens is 1. The summed E-state index contributed by atoms with van der Waals surface area (Å²) in [4.78, 5) is 11.2. The minimum Gasteiger partial charge on any atom is -0.295 e. The van der Waals surface area contributed by atoms with Gasteiger partial charge in [-0.3, -0.25) is 4.79 Å². The van der Waals surface area contributed by atoms with Crippen molar-refractivity contribution < 1.29 is 17.6 Å². The molecular formula is C15H14FNO3S. The number of hydrogen-bond acceptors (Lipinski definition) is 3. The number of ketones is 1. The Bertz CT molecular complexity index is 737. The Labute approximate surface area is 122 Å². The van der Waals surface area contributed by atoms with E-state index in [0.717, 1.165) is 0 Å². The minimum absolute atomic E-state index is 0.0665. The summed E-state index contributed by atoms with van der Waals surface area (Å²) in [6.07, 6.45) is 0. The molecule has 0 aromatic heterocycles. The first-order chi connectivity index (χ1) is 9.88. The molecular weight excluding hydrogens is 293 g/mol. The van der Waals surface area contributed by atoms with Crippen LogP contribution in [0.3, 0.4) is 0 Å². The molecule has 2 rings (SSSR count). The standard InChI is InChI=1S/C15H14FNO3S/c1-11(18)13-4-8-15(9-5-13)21(19,20)17-10-12-2-6-14(16)7-3-12/h2-9,17H,10H2,1H3. The molecule has 0 aliphatic rings. The first-order valence-corrected chi connectivity index (χ1v) is 7.72. The average Bonchev–Trinajstić information content (AvgIpc) is 2.47. The summed E-state index contributed by atoms with van der Waals surface area (Å²) in [6, 6.07) is 11.3. The molecule has 0 atom stereocenters. The van der Waals surface area contributed by atoms with Gasteiger partial charge in [0.2, 0.25) is 10.0 Å². The van der Waals surface area contributed by atoms with E-state index in [1.54, 1.807) is 0 Å². The third kappa shape index (κ3) is 3.96. The van der Waals surface area contributed by atoms with Crippen LogP contribution < -0.4 is 4.72 Å². The van der Waals surface area contributed by atoms with Crippen LogP contribution in [0.4, 0.5) is 4.39 Å². The molecule has 0 aliphatic heterocycles. The summed E-state index contributed by atoms with van der Waals surface area (Å²) in [5.74, 6) is -0.500. The highest BCUT2D eigenvalue weighted by Crippen LogP contribution is 2.12. The Hall–Kier alpha value is -2.05. The second-order valence-corrected chi connectivity index (χ2v) is 6.30. The smallest absolute Gasteiger partial charge is 0.240 e. The van der Waals surface area contributed by atoms with Crippen molar-refractivity contribution in [2.24, 2.45) is 0 Å². The van der Waals surface area contributed by atoms with Gasteiger partial charge in [0.25, 0.3) is 0 Å². The quantitative estimate of drug-likeness (QED) is 0.863. The predicted octanol–water partition coefficient (Wildman–Crippen LogP) is 2.51. The van der Waals surface area contributed by atoms with Crippen LogP contribution >= 0.6 is 0 Å². The maximum atomic E-state index is 12.8. The van der Waals surface area contributed by atoms with Crippen LogP contribution in [-0.4, -0.2) is 14.2 Å². The lowest BCUT2D eigenvalue weighted by molar-refractivity contribution is 0.101. The summed E-state index contributed by atoms with van der Waals surface area (Å²) in [5, 5.41) is 0. The molecule has 0 bridgehead atoms. The Morgan fingerprint density at radius 3 is 2.14 bits per heavy atom. The van der Waals surface area contributed by atoms with Crippen LogP contribution in [-0.2, 0) is 16.6 Å². The Morgan fingerprint density at radius 2 is 1.62 bits per heavy atom. The lowest BCUT2D eigenvalue weighted by Gasteiger charge is -2.07. The van der Waals surface area contributed by atoms with Crippen molar-refractivity contribution in [3.8, 4) is 0 Å². The molecule has 0 fully saturated rings. The third-order valence-electron chi connectivity index (χ3n) is 2.95. The van der Waals surface area contributed by atoms with Crippen molar-refractivity contribution in [1.29, 1.82) is 0 Å². The fourth-order valence-electron chi connectivity index (χ4n) is 1.73. The fraction of sp³-hybridized carbons (Fsp3) is 0.133. The molecule has 0 unspecified atom stereocenters. The van der Waals surface area contributed by atoms with Crippen molar-refractivity contribution >= 4 is 15.8 Å². The lowest BCUT2D eigenvalue weighted by atomic mass is 10.2. The summed E-state index contributed by atoms with van der Waals surface area (Å²) < 4.78 is 39.4. The number of sulfonamides is 1. The molecule has 110 valence electrons. The molecule has 0 saturated carbocycles.